The van der Waals surface area contributed by atoms with Crippen LogP contribution in [0.1, 0.15) is 16.7 Å². The van der Waals surface area contributed by atoms with E-state index in [1.807, 2.05) is 164 Å². The normalized spacial score (nSPS) is 10.5. The summed E-state index contributed by atoms with van der Waals surface area (Å²) < 4.78 is 17.1. The van der Waals surface area contributed by atoms with Crippen molar-refractivity contribution in [1.82, 2.24) is 0 Å². The number of carbonyl (C=O) groups excluding carboxylic acids is 3. The summed E-state index contributed by atoms with van der Waals surface area (Å²) in [4.78, 5) is 40.2. The van der Waals surface area contributed by atoms with Gasteiger partial charge in [-0.05, 0) is 50.1 Å². The van der Waals surface area contributed by atoms with Gasteiger partial charge in [-0.3, -0.25) is 14.4 Å². The molecular weight excluding hydrogens is 627 g/mol. The molecule has 0 saturated carbocycles. The molecule has 0 radical (unpaired) electrons. The fourth-order valence-electron chi connectivity index (χ4n) is 5.71. The van der Waals surface area contributed by atoms with Crippen LogP contribution in [0.2, 0.25) is 0 Å². The number of carbonyl (C=O) groups is 3. The Balaban J connectivity index is 1.21. The van der Waals surface area contributed by atoms with Crippen LogP contribution in [0.3, 0.4) is 0 Å². The Morgan fingerprint density at radius 3 is 0.878 bits per heavy atom. The minimum absolute atomic E-state index is 0.0999. The number of benzene rings is 6. The minimum atomic E-state index is -3.65. The first kappa shape index (κ1) is 33.2. The molecule has 0 N–H and O–H groups in total. The van der Waals surface area contributed by atoms with E-state index in [2.05, 4.69) is 0 Å². The van der Waals surface area contributed by atoms with Crippen molar-refractivity contribution in [1.29, 1.82) is 0 Å². The molecule has 6 nitrogen and oxygen atoms in total. The Labute approximate surface area is 290 Å². The molecule has 7 heteroatoms. The van der Waals surface area contributed by atoms with E-state index < -0.39 is 33.1 Å². The Hall–Kier alpha value is -5.74. The number of hydrogen-bond acceptors (Lipinski definition) is 6. The summed E-state index contributed by atoms with van der Waals surface area (Å²) in [6.45, 7) is 0. The lowest BCUT2D eigenvalue weighted by Crippen LogP contribution is -2.36. The van der Waals surface area contributed by atoms with Crippen molar-refractivity contribution in [2.45, 2.75) is 19.3 Å². The van der Waals surface area contributed by atoms with Gasteiger partial charge in [-0.15, -0.1) is 0 Å². The zero-order valence-corrected chi connectivity index (χ0v) is 27.9. The Morgan fingerprint density at radius 1 is 0.347 bits per heavy atom. The molecule has 0 aliphatic carbocycles. The van der Waals surface area contributed by atoms with Gasteiger partial charge in [-0.1, -0.05) is 164 Å². The highest BCUT2D eigenvalue weighted by molar-refractivity contribution is 6.44. The van der Waals surface area contributed by atoms with Crippen molar-refractivity contribution >= 4 is 33.1 Å². The SMILES string of the molecule is O=C(Cc1ccccc1-c1ccccc1)[O][Al]([O]C(=O)Cc1ccccc1-c1ccccc1)[O]C(=O)Cc1ccccc1-c1ccccc1. The van der Waals surface area contributed by atoms with Gasteiger partial charge >= 0.3 is 15.1 Å². The van der Waals surface area contributed by atoms with Gasteiger partial charge in [0, 0.05) is 0 Å². The molecule has 6 aromatic rings. The zero-order chi connectivity index (χ0) is 33.8. The summed E-state index contributed by atoms with van der Waals surface area (Å²) in [5.74, 6) is -1.97. The van der Waals surface area contributed by atoms with Crippen LogP contribution in [0.25, 0.3) is 33.4 Å². The maximum absolute atomic E-state index is 13.4. The molecule has 6 rings (SSSR count). The van der Waals surface area contributed by atoms with Gasteiger partial charge in [-0.2, -0.15) is 0 Å². The summed E-state index contributed by atoms with van der Waals surface area (Å²) in [6, 6.07) is 51.7. The fraction of sp³-hybridized carbons (Fsp3) is 0.0714. The van der Waals surface area contributed by atoms with Crippen LogP contribution in [-0.2, 0) is 45.0 Å². The average Bonchev–Trinajstić information content (AvgIpc) is 3.13. The minimum Gasteiger partial charge on any atom is -0.551 e. The molecule has 0 amide bonds. The molecular formula is C42H33AlO6. The van der Waals surface area contributed by atoms with Gasteiger partial charge in [0.25, 0.3) is 17.9 Å². The van der Waals surface area contributed by atoms with Gasteiger partial charge in [0.2, 0.25) is 0 Å². The van der Waals surface area contributed by atoms with E-state index in [-0.39, 0.29) is 19.3 Å². The number of rotatable bonds is 12. The van der Waals surface area contributed by atoms with Crippen molar-refractivity contribution in [3.05, 3.63) is 180 Å². The first-order chi connectivity index (χ1) is 24.0. The van der Waals surface area contributed by atoms with Crippen molar-refractivity contribution in [3.63, 3.8) is 0 Å². The predicted molar refractivity (Wildman–Crippen MR) is 191 cm³/mol. The Bertz CT molecular complexity index is 1790. The maximum atomic E-state index is 13.4. The predicted octanol–water partition coefficient (Wildman–Crippen LogP) is 8.33. The lowest BCUT2D eigenvalue weighted by atomic mass is 9.98. The molecule has 0 bridgehead atoms. The molecule has 6 aromatic carbocycles. The highest BCUT2D eigenvalue weighted by Crippen LogP contribution is 2.27. The van der Waals surface area contributed by atoms with E-state index in [1.165, 1.54) is 0 Å². The van der Waals surface area contributed by atoms with Gasteiger partial charge < -0.3 is 11.4 Å². The van der Waals surface area contributed by atoms with Crippen molar-refractivity contribution in [2.75, 3.05) is 0 Å². The standard InChI is InChI=1S/3C14H12O2.Al/c3*15-14(16)10-12-8-4-5-9-13(12)11-6-2-1-3-7-11;/h3*1-9H,10H2,(H,15,16);/q;;;+3/p-3. The molecule has 0 aliphatic heterocycles. The van der Waals surface area contributed by atoms with Crippen LogP contribution < -0.4 is 0 Å². The van der Waals surface area contributed by atoms with E-state index in [1.54, 1.807) is 0 Å². The summed E-state index contributed by atoms with van der Waals surface area (Å²) in [5.41, 5.74) is 7.69. The van der Waals surface area contributed by atoms with Gasteiger partial charge in [-0.25, -0.2) is 0 Å². The molecule has 49 heavy (non-hydrogen) atoms. The van der Waals surface area contributed by atoms with Crippen LogP contribution >= 0.6 is 0 Å². The summed E-state index contributed by atoms with van der Waals surface area (Å²) >= 11 is -3.65. The smallest absolute Gasteiger partial charge is 0.551 e. The monoisotopic (exact) mass is 660 g/mol. The largest absolute Gasteiger partial charge is 1.20 e. The lowest BCUT2D eigenvalue weighted by molar-refractivity contribution is -0.147. The summed E-state index contributed by atoms with van der Waals surface area (Å²) in [7, 11) is 0. The molecule has 0 aromatic heterocycles. The third-order valence-corrected chi connectivity index (χ3v) is 9.36. The second-order valence-corrected chi connectivity index (χ2v) is 12.6. The first-order valence-corrected chi connectivity index (χ1v) is 17.4. The van der Waals surface area contributed by atoms with E-state index in [0.717, 1.165) is 50.1 Å². The molecule has 0 unspecified atom stereocenters. The second-order valence-electron chi connectivity index (χ2n) is 11.4. The fourth-order valence-corrected chi connectivity index (χ4v) is 6.75. The molecule has 0 saturated heterocycles. The number of hydrogen-bond donors (Lipinski definition) is 0. The van der Waals surface area contributed by atoms with E-state index in [4.69, 9.17) is 11.4 Å². The van der Waals surface area contributed by atoms with E-state index in [9.17, 15) is 14.4 Å². The third-order valence-electron chi connectivity index (χ3n) is 7.99. The highest BCUT2D eigenvalue weighted by Gasteiger charge is 2.49. The summed E-state index contributed by atoms with van der Waals surface area (Å²) in [6.07, 6.45) is -0.300. The van der Waals surface area contributed by atoms with Gasteiger partial charge in [0.1, 0.15) is 0 Å². The lowest BCUT2D eigenvalue weighted by Gasteiger charge is -2.16. The van der Waals surface area contributed by atoms with Crippen LogP contribution in [0.15, 0.2) is 164 Å². The Kier molecular flexibility index (Phi) is 11.1. The van der Waals surface area contributed by atoms with Crippen molar-refractivity contribution in [2.24, 2.45) is 0 Å². The highest BCUT2D eigenvalue weighted by atomic mass is 27.3. The molecule has 0 aliphatic rings. The quantitative estimate of drug-likeness (QED) is 0.123. The molecule has 0 atom stereocenters. The van der Waals surface area contributed by atoms with Gasteiger partial charge in [0.15, 0.2) is 0 Å². The van der Waals surface area contributed by atoms with Crippen molar-refractivity contribution in [3.8, 4) is 33.4 Å². The summed E-state index contributed by atoms with van der Waals surface area (Å²) in [5, 5.41) is 0. The topological polar surface area (TPSA) is 78.9 Å². The zero-order valence-electron chi connectivity index (χ0n) is 26.7. The Morgan fingerprint density at radius 2 is 0.592 bits per heavy atom. The molecule has 0 heterocycles. The van der Waals surface area contributed by atoms with Crippen LogP contribution in [0.5, 0.6) is 0 Å². The second kappa shape index (κ2) is 16.4. The molecule has 240 valence electrons. The van der Waals surface area contributed by atoms with Crippen LogP contribution in [-0.4, -0.2) is 33.1 Å². The average molecular weight is 661 g/mol. The molecule has 0 fully saturated rings. The van der Waals surface area contributed by atoms with Crippen LogP contribution in [0, 0.1) is 0 Å². The third kappa shape index (κ3) is 9.00. The first-order valence-electron chi connectivity index (χ1n) is 16.0. The molecule has 0 spiro atoms. The van der Waals surface area contributed by atoms with E-state index in [0.29, 0.717) is 0 Å². The maximum Gasteiger partial charge on any atom is 1.20 e. The van der Waals surface area contributed by atoms with Crippen molar-refractivity contribution < 1.29 is 25.7 Å². The van der Waals surface area contributed by atoms with Gasteiger partial charge in [0.05, 0.1) is 19.3 Å². The van der Waals surface area contributed by atoms with E-state index >= 15 is 0 Å². The van der Waals surface area contributed by atoms with Crippen LogP contribution in [0.4, 0.5) is 0 Å².